The molecule has 0 amide bonds. The van der Waals surface area contributed by atoms with Crippen molar-refractivity contribution in [3.05, 3.63) is 48.0 Å². The van der Waals surface area contributed by atoms with Gasteiger partial charge in [0.2, 0.25) is 0 Å². The minimum absolute atomic E-state index is 0.0244. The van der Waals surface area contributed by atoms with Crippen LogP contribution in [0.1, 0.15) is 28.8 Å². The maximum Gasteiger partial charge on any atom is 0.335 e. The van der Waals surface area contributed by atoms with E-state index in [4.69, 9.17) is 5.11 Å². The molecule has 90 valence electrons. The van der Waals surface area contributed by atoms with E-state index in [9.17, 15) is 9.59 Å². The Bertz CT molecular complexity index is 392. The fourth-order valence-corrected chi connectivity index (χ4v) is 1.64. The van der Waals surface area contributed by atoms with E-state index in [0.717, 1.165) is 24.7 Å². The van der Waals surface area contributed by atoms with E-state index in [1.807, 2.05) is 0 Å². The first kappa shape index (κ1) is 13.2. The quantitative estimate of drug-likeness (QED) is 0.581. The van der Waals surface area contributed by atoms with Crippen molar-refractivity contribution >= 4 is 12.3 Å². The van der Waals surface area contributed by atoms with Crippen LogP contribution >= 0.6 is 0 Å². The molecule has 0 bridgehead atoms. The highest BCUT2D eigenvalue weighted by atomic mass is 16.4. The summed E-state index contributed by atoms with van der Waals surface area (Å²) in [6.45, 7) is 3.62. The molecule has 3 heteroatoms. The van der Waals surface area contributed by atoms with Crippen molar-refractivity contribution in [2.45, 2.75) is 19.3 Å². The van der Waals surface area contributed by atoms with Gasteiger partial charge in [-0.05, 0) is 37.0 Å². The Morgan fingerprint density at radius 3 is 2.47 bits per heavy atom. The first-order chi connectivity index (χ1) is 8.17. The molecule has 1 N–H and O–H groups in total. The largest absolute Gasteiger partial charge is 0.478 e. The van der Waals surface area contributed by atoms with E-state index in [-0.39, 0.29) is 11.5 Å². The molecule has 0 spiro atoms. The van der Waals surface area contributed by atoms with Crippen molar-refractivity contribution in [1.82, 2.24) is 0 Å². The third-order valence-electron chi connectivity index (χ3n) is 2.63. The van der Waals surface area contributed by atoms with Crippen LogP contribution in [-0.4, -0.2) is 17.4 Å². The summed E-state index contributed by atoms with van der Waals surface area (Å²) < 4.78 is 0. The molecule has 0 aliphatic carbocycles. The van der Waals surface area contributed by atoms with Gasteiger partial charge in [0.25, 0.3) is 0 Å². The summed E-state index contributed by atoms with van der Waals surface area (Å²) in [5.74, 6) is -0.959. The monoisotopic (exact) mass is 232 g/mol. The fourth-order valence-electron chi connectivity index (χ4n) is 1.64. The van der Waals surface area contributed by atoms with Crippen molar-refractivity contribution in [2.24, 2.45) is 5.92 Å². The van der Waals surface area contributed by atoms with Crippen LogP contribution in [0.5, 0.6) is 0 Å². The zero-order chi connectivity index (χ0) is 12.7. The van der Waals surface area contributed by atoms with Crippen molar-refractivity contribution < 1.29 is 14.7 Å². The molecule has 0 aromatic heterocycles. The van der Waals surface area contributed by atoms with E-state index in [1.54, 1.807) is 30.3 Å². The van der Waals surface area contributed by atoms with Crippen LogP contribution < -0.4 is 0 Å². The maximum absolute atomic E-state index is 10.9. The molecule has 1 atom stereocenters. The van der Waals surface area contributed by atoms with Gasteiger partial charge in [0.15, 0.2) is 0 Å². The predicted molar refractivity (Wildman–Crippen MR) is 66.1 cm³/mol. The summed E-state index contributed by atoms with van der Waals surface area (Å²) in [5.41, 5.74) is 1.25. The molecule has 0 aliphatic heterocycles. The Labute approximate surface area is 101 Å². The highest BCUT2D eigenvalue weighted by Gasteiger charge is 2.08. The number of carbonyl (C=O) groups excluding carboxylic acids is 1. The van der Waals surface area contributed by atoms with E-state index in [2.05, 4.69) is 6.58 Å². The summed E-state index contributed by atoms with van der Waals surface area (Å²) >= 11 is 0. The third-order valence-corrected chi connectivity index (χ3v) is 2.63. The lowest BCUT2D eigenvalue weighted by Crippen LogP contribution is -2.06. The number of carboxylic acid groups (broad SMARTS) is 1. The third kappa shape index (κ3) is 4.23. The normalized spacial score (nSPS) is 11.8. The maximum atomic E-state index is 10.9. The molecule has 0 heterocycles. The minimum atomic E-state index is -0.935. The standard InChI is InChI=1S/C14H16O3/c1-2-3-4-12(10-15)9-11-5-7-13(8-6-11)14(16)17/h2,5-8,10,12H,1,3-4,9H2,(H,16,17). The Morgan fingerprint density at radius 1 is 1.35 bits per heavy atom. The number of rotatable bonds is 7. The number of benzene rings is 1. The summed E-state index contributed by atoms with van der Waals surface area (Å²) in [4.78, 5) is 21.5. The Morgan fingerprint density at radius 2 is 2.00 bits per heavy atom. The van der Waals surface area contributed by atoms with Crippen molar-refractivity contribution in [2.75, 3.05) is 0 Å². The molecule has 0 saturated heterocycles. The van der Waals surface area contributed by atoms with E-state index < -0.39 is 5.97 Å². The Hall–Kier alpha value is -1.90. The van der Waals surface area contributed by atoms with Crippen LogP contribution in [0.25, 0.3) is 0 Å². The number of aldehydes is 1. The van der Waals surface area contributed by atoms with E-state index in [0.29, 0.717) is 6.42 Å². The lowest BCUT2D eigenvalue weighted by atomic mass is 9.95. The van der Waals surface area contributed by atoms with E-state index in [1.165, 1.54) is 0 Å². The SMILES string of the molecule is C=CCCC(C=O)Cc1ccc(C(=O)O)cc1. The number of aromatic carboxylic acids is 1. The van der Waals surface area contributed by atoms with Gasteiger partial charge in [-0.2, -0.15) is 0 Å². The van der Waals surface area contributed by atoms with Gasteiger partial charge in [0.05, 0.1) is 5.56 Å². The lowest BCUT2D eigenvalue weighted by Gasteiger charge is -2.08. The van der Waals surface area contributed by atoms with Crippen LogP contribution in [0.15, 0.2) is 36.9 Å². The topological polar surface area (TPSA) is 54.4 Å². The fraction of sp³-hybridized carbons (Fsp3) is 0.286. The molecule has 1 unspecified atom stereocenters. The zero-order valence-electron chi connectivity index (χ0n) is 9.63. The Balaban J connectivity index is 2.63. The van der Waals surface area contributed by atoms with Crippen LogP contribution in [0, 0.1) is 5.92 Å². The molecule has 1 aromatic rings. The van der Waals surface area contributed by atoms with Crippen LogP contribution in [0.4, 0.5) is 0 Å². The molecular weight excluding hydrogens is 216 g/mol. The summed E-state index contributed by atoms with van der Waals surface area (Å²) in [6.07, 6.45) is 5.00. The highest BCUT2D eigenvalue weighted by molar-refractivity contribution is 5.87. The minimum Gasteiger partial charge on any atom is -0.478 e. The molecular formula is C14H16O3. The predicted octanol–water partition coefficient (Wildman–Crippen LogP) is 2.71. The molecule has 17 heavy (non-hydrogen) atoms. The number of carbonyl (C=O) groups is 2. The van der Waals surface area contributed by atoms with Crippen molar-refractivity contribution in [1.29, 1.82) is 0 Å². The average Bonchev–Trinajstić information content (AvgIpc) is 2.35. The van der Waals surface area contributed by atoms with Gasteiger partial charge in [0.1, 0.15) is 6.29 Å². The first-order valence-corrected chi connectivity index (χ1v) is 5.55. The second-order valence-corrected chi connectivity index (χ2v) is 3.97. The molecule has 0 fully saturated rings. The first-order valence-electron chi connectivity index (χ1n) is 5.55. The van der Waals surface area contributed by atoms with Gasteiger partial charge in [0, 0.05) is 5.92 Å². The van der Waals surface area contributed by atoms with Gasteiger partial charge in [-0.3, -0.25) is 0 Å². The van der Waals surface area contributed by atoms with Gasteiger partial charge >= 0.3 is 5.97 Å². The number of hydrogen-bond donors (Lipinski definition) is 1. The lowest BCUT2D eigenvalue weighted by molar-refractivity contribution is -0.111. The highest BCUT2D eigenvalue weighted by Crippen LogP contribution is 2.13. The van der Waals surface area contributed by atoms with Crippen LogP contribution in [0.3, 0.4) is 0 Å². The molecule has 0 saturated carbocycles. The number of hydrogen-bond acceptors (Lipinski definition) is 2. The number of allylic oxidation sites excluding steroid dienone is 1. The second kappa shape index (κ2) is 6.63. The van der Waals surface area contributed by atoms with Gasteiger partial charge in [-0.1, -0.05) is 18.2 Å². The van der Waals surface area contributed by atoms with Gasteiger partial charge in [-0.25, -0.2) is 4.79 Å². The molecule has 3 nitrogen and oxygen atoms in total. The Kier molecular flexibility index (Phi) is 5.14. The second-order valence-electron chi connectivity index (χ2n) is 3.97. The zero-order valence-corrected chi connectivity index (χ0v) is 9.63. The average molecular weight is 232 g/mol. The van der Waals surface area contributed by atoms with Crippen molar-refractivity contribution in [3.8, 4) is 0 Å². The van der Waals surface area contributed by atoms with Crippen LogP contribution in [-0.2, 0) is 11.2 Å². The van der Waals surface area contributed by atoms with Crippen molar-refractivity contribution in [3.63, 3.8) is 0 Å². The molecule has 1 rings (SSSR count). The van der Waals surface area contributed by atoms with Gasteiger partial charge in [-0.15, -0.1) is 6.58 Å². The summed E-state index contributed by atoms with van der Waals surface area (Å²) in [7, 11) is 0. The summed E-state index contributed by atoms with van der Waals surface area (Å²) in [5, 5.41) is 8.75. The van der Waals surface area contributed by atoms with Crippen LogP contribution in [0.2, 0.25) is 0 Å². The molecule has 0 aliphatic rings. The number of carboxylic acids is 1. The van der Waals surface area contributed by atoms with Gasteiger partial charge < -0.3 is 9.90 Å². The smallest absolute Gasteiger partial charge is 0.335 e. The summed E-state index contributed by atoms with van der Waals surface area (Å²) in [6, 6.07) is 6.64. The van der Waals surface area contributed by atoms with E-state index >= 15 is 0 Å². The molecule has 1 aromatic carbocycles. The molecule has 0 radical (unpaired) electrons.